The molecule has 106 valence electrons. The van der Waals surface area contributed by atoms with E-state index in [4.69, 9.17) is 0 Å². The van der Waals surface area contributed by atoms with E-state index in [1.54, 1.807) is 12.1 Å². The second-order valence-corrected chi connectivity index (χ2v) is 6.36. The average molecular weight is 267 g/mol. The van der Waals surface area contributed by atoms with Gasteiger partial charge < -0.3 is 5.32 Å². The Morgan fingerprint density at radius 3 is 2.26 bits per heavy atom. The summed E-state index contributed by atoms with van der Waals surface area (Å²) < 4.78 is 24.9. The molecule has 1 nitrogen and oxygen atoms in total. The lowest BCUT2D eigenvalue weighted by Gasteiger charge is -2.34. The van der Waals surface area contributed by atoms with Gasteiger partial charge >= 0.3 is 0 Å². The first-order valence-electron chi connectivity index (χ1n) is 7.07. The third kappa shape index (κ3) is 4.27. The molecule has 1 fully saturated rings. The van der Waals surface area contributed by atoms with Gasteiger partial charge in [0.25, 0.3) is 6.43 Å². The smallest absolute Gasteiger partial charge is 0.263 e. The average Bonchev–Trinajstić information content (AvgIpc) is 2.38. The van der Waals surface area contributed by atoms with E-state index >= 15 is 0 Å². The van der Waals surface area contributed by atoms with E-state index in [-0.39, 0.29) is 5.56 Å². The van der Waals surface area contributed by atoms with Crippen LogP contribution >= 0.6 is 0 Å². The maximum Gasteiger partial charge on any atom is 0.263 e. The monoisotopic (exact) mass is 267 g/mol. The molecule has 0 spiro atoms. The van der Waals surface area contributed by atoms with Crippen LogP contribution in [0.3, 0.4) is 0 Å². The van der Waals surface area contributed by atoms with Gasteiger partial charge in [-0.05, 0) is 36.7 Å². The topological polar surface area (TPSA) is 12.0 Å². The van der Waals surface area contributed by atoms with Gasteiger partial charge in [-0.15, -0.1) is 0 Å². The molecule has 1 aliphatic rings. The van der Waals surface area contributed by atoms with Crippen LogP contribution in [-0.4, -0.2) is 6.04 Å². The molecule has 3 heteroatoms. The molecule has 1 N–H and O–H groups in total. The fraction of sp³-hybridized carbons (Fsp3) is 0.625. The van der Waals surface area contributed by atoms with Crippen molar-refractivity contribution < 1.29 is 8.78 Å². The van der Waals surface area contributed by atoms with Crippen molar-refractivity contribution in [3.8, 4) is 0 Å². The summed E-state index contributed by atoms with van der Waals surface area (Å²) in [6.45, 7) is 5.42. The van der Waals surface area contributed by atoms with Crippen molar-refractivity contribution in [2.75, 3.05) is 0 Å². The summed E-state index contributed by atoms with van der Waals surface area (Å²) >= 11 is 0. The van der Waals surface area contributed by atoms with E-state index in [0.29, 0.717) is 11.5 Å². The fourth-order valence-corrected chi connectivity index (χ4v) is 2.65. The van der Waals surface area contributed by atoms with Crippen molar-refractivity contribution in [3.63, 3.8) is 0 Å². The standard InChI is InChI=1S/C16H23F2N/c1-16(2)9-7-14(8-10-16)19-11-12-3-5-13(6-4-12)15(17)18/h3-6,14-15,19H,7-11H2,1-2H3. The minimum atomic E-state index is -2.37. The molecule has 0 aliphatic heterocycles. The van der Waals surface area contributed by atoms with E-state index in [1.807, 2.05) is 0 Å². The Labute approximate surface area is 114 Å². The number of halogens is 2. The number of benzene rings is 1. The van der Waals surface area contributed by atoms with Gasteiger partial charge in [-0.25, -0.2) is 8.78 Å². The highest BCUT2D eigenvalue weighted by Gasteiger charge is 2.26. The van der Waals surface area contributed by atoms with Crippen LogP contribution in [0.1, 0.15) is 57.1 Å². The number of nitrogens with one attached hydrogen (secondary N) is 1. The minimum absolute atomic E-state index is 0.100. The van der Waals surface area contributed by atoms with Gasteiger partial charge in [-0.3, -0.25) is 0 Å². The molecule has 1 aromatic rings. The molecule has 0 radical (unpaired) electrons. The summed E-state index contributed by atoms with van der Waals surface area (Å²) in [5, 5.41) is 3.54. The Morgan fingerprint density at radius 2 is 1.74 bits per heavy atom. The molecule has 0 heterocycles. The second-order valence-electron chi connectivity index (χ2n) is 6.36. The lowest BCUT2D eigenvalue weighted by Crippen LogP contribution is -2.35. The molecular formula is C16H23F2N. The van der Waals surface area contributed by atoms with Gasteiger partial charge in [0, 0.05) is 18.2 Å². The van der Waals surface area contributed by atoms with Gasteiger partial charge in [-0.1, -0.05) is 38.1 Å². The van der Waals surface area contributed by atoms with Gasteiger partial charge in [-0.2, -0.15) is 0 Å². The van der Waals surface area contributed by atoms with Crippen molar-refractivity contribution in [3.05, 3.63) is 35.4 Å². The first kappa shape index (κ1) is 14.4. The van der Waals surface area contributed by atoms with Crippen molar-refractivity contribution >= 4 is 0 Å². The normalized spacial score (nSPS) is 19.8. The Hall–Kier alpha value is -0.960. The van der Waals surface area contributed by atoms with Crippen LogP contribution in [0.4, 0.5) is 8.78 Å². The summed E-state index contributed by atoms with van der Waals surface area (Å²) in [7, 11) is 0. The van der Waals surface area contributed by atoms with Crippen LogP contribution in [0.25, 0.3) is 0 Å². The zero-order valence-electron chi connectivity index (χ0n) is 11.8. The zero-order valence-corrected chi connectivity index (χ0v) is 11.8. The number of hydrogen-bond donors (Lipinski definition) is 1. The molecule has 0 amide bonds. The number of hydrogen-bond acceptors (Lipinski definition) is 1. The molecule has 0 unspecified atom stereocenters. The molecule has 0 atom stereocenters. The highest BCUT2D eigenvalue weighted by atomic mass is 19.3. The van der Waals surface area contributed by atoms with Crippen molar-refractivity contribution in [1.29, 1.82) is 0 Å². The Morgan fingerprint density at radius 1 is 1.16 bits per heavy atom. The second kappa shape index (κ2) is 6.00. The van der Waals surface area contributed by atoms with Crippen LogP contribution < -0.4 is 5.32 Å². The Kier molecular flexibility index (Phi) is 4.56. The summed E-state index contributed by atoms with van der Waals surface area (Å²) in [4.78, 5) is 0. The molecule has 0 saturated heterocycles. The van der Waals surface area contributed by atoms with Crippen molar-refractivity contribution in [1.82, 2.24) is 5.32 Å². The van der Waals surface area contributed by atoms with Crippen LogP contribution in [0.2, 0.25) is 0 Å². The van der Waals surface area contributed by atoms with E-state index in [9.17, 15) is 8.78 Å². The summed E-state index contributed by atoms with van der Waals surface area (Å²) in [5.74, 6) is 0. The highest BCUT2D eigenvalue weighted by Crippen LogP contribution is 2.35. The van der Waals surface area contributed by atoms with Crippen molar-refractivity contribution in [2.45, 2.75) is 58.5 Å². The molecule has 1 aliphatic carbocycles. The predicted molar refractivity (Wildman–Crippen MR) is 74.3 cm³/mol. The maximum atomic E-state index is 12.4. The van der Waals surface area contributed by atoms with Crippen LogP contribution in [0.15, 0.2) is 24.3 Å². The molecule has 2 rings (SSSR count). The van der Waals surface area contributed by atoms with E-state index in [0.717, 1.165) is 12.1 Å². The molecular weight excluding hydrogens is 244 g/mol. The van der Waals surface area contributed by atoms with E-state index < -0.39 is 6.43 Å². The molecule has 0 bridgehead atoms. The number of alkyl halides is 2. The summed E-state index contributed by atoms with van der Waals surface area (Å²) in [5.41, 5.74) is 1.66. The summed E-state index contributed by atoms with van der Waals surface area (Å²) in [6.07, 6.45) is 2.57. The predicted octanol–water partition coefficient (Wildman–Crippen LogP) is 4.68. The fourth-order valence-electron chi connectivity index (χ4n) is 2.65. The SMILES string of the molecule is CC1(C)CCC(NCc2ccc(C(F)F)cc2)CC1. The van der Waals surface area contributed by atoms with Gasteiger partial charge in [0.1, 0.15) is 0 Å². The third-order valence-corrected chi connectivity index (χ3v) is 4.17. The van der Waals surface area contributed by atoms with Gasteiger partial charge in [0.15, 0.2) is 0 Å². The van der Waals surface area contributed by atoms with Gasteiger partial charge in [0.2, 0.25) is 0 Å². The zero-order chi connectivity index (χ0) is 13.9. The Bertz CT molecular complexity index is 388. The minimum Gasteiger partial charge on any atom is -0.310 e. The lowest BCUT2D eigenvalue weighted by molar-refractivity contribution is 0.151. The van der Waals surface area contributed by atoms with Gasteiger partial charge in [0.05, 0.1) is 0 Å². The number of rotatable bonds is 4. The summed E-state index contributed by atoms with van der Waals surface area (Å²) in [6, 6.07) is 7.20. The Balaban J connectivity index is 1.79. The molecule has 1 aromatic carbocycles. The largest absolute Gasteiger partial charge is 0.310 e. The highest BCUT2D eigenvalue weighted by molar-refractivity contribution is 5.23. The first-order chi connectivity index (χ1) is 8.96. The van der Waals surface area contributed by atoms with Crippen LogP contribution in [0.5, 0.6) is 0 Å². The van der Waals surface area contributed by atoms with E-state index in [2.05, 4.69) is 19.2 Å². The molecule has 0 aromatic heterocycles. The quantitative estimate of drug-likeness (QED) is 0.835. The van der Waals surface area contributed by atoms with E-state index in [1.165, 1.54) is 37.8 Å². The van der Waals surface area contributed by atoms with Crippen LogP contribution in [-0.2, 0) is 6.54 Å². The first-order valence-corrected chi connectivity index (χ1v) is 7.07. The van der Waals surface area contributed by atoms with Crippen molar-refractivity contribution in [2.24, 2.45) is 5.41 Å². The maximum absolute atomic E-state index is 12.4. The molecule has 1 saturated carbocycles. The lowest BCUT2D eigenvalue weighted by atomic mass is 9.75. The van der Waals surface area contributed by atoms with Crippen LogP contribution in [0, 0.1) is 5.41 Å². The molecule has 19 heavy (non-hydrogen) atoms. The third-order valence-electron chi connectivity index (χ3n) is 4.17.